The number of ketones is 1. The molecular formula is C23H19ClN4O3S. The highest BCUT2D eigenvalue weighted by Gasteiger charge is 2.18. The molecule has 2 aromatic heterocycles. The highest BCUT2D eigenvalue weighted by Crippen LogP contribution is 2.31. The molecule has 0 unspecified atom stereocenters. The van der Waals surface area contributed by atoms with Crippen LogP contribution in [0.4, 0.5) is 0 Å². The van der Waals surface area contributed by atoms with Gasteiger partial charge in [-0.3, -0.25) is 14.3 Å². The van der Waals surface area contributed by atoms with Crippen molar-refractivity contribution in [2.24, 2.45) is 0 Å². The van der Waals surface area contributed by atoms with Crippen LogP contribution in [0.1, 0.15) is 10.4 Å². The molecule has 2 heterocycles. The number of aromatic nitrogens is 4. The van der Waals surface area contributed by atoms with Crippen molar-refractivity contribution in [2.75, 3.05) is 20.0 Å². The maximum atomic E-state index is 12.9. The zero-order valence-corrected chi connectivity index (χ0v) is 18.9. The van der Waals surface area contributed by atoms with Crippen molar-refractivity contribution in [3.63, 3.8) is 0 Å². The van der Waals surface area contributed by atoms with E-state index in [1.807, 2.05) is 28.8 Å². The fourth-order valence-corrected chi connectivity index (χ4v) is 4.07. The molecule has 0 atom stereocenters. The van der Waals surface area contributed by atoms with Crippen molar-refractivity contribution in [1.29, 1.82) is 0 Å². The van der Waals surface area contributed by atoms with Gasteiger partial charge in [0.25, 0.3) is 0 Å². The van der Waals surface area contributed by atoms with Gasteiger partial charge in [-0.2, -0.15) is 0 Å². The van der Waals surface area contributed by atoms with Crippen molar-refractivity contribution in [2.45, 2.75) is 5.16 Å². The standard InChI is InChI=1S/C23H19ClN4O3S/c1-30-20-8-3-16(13-21(20)31-2)19(29)14-32-23-27-26-22(15-9-11-25-12-10-15)28(23)18-6-4-17(24)5-7-18/h3-13H,14H2,1-2H3. The third-order valence-corrected chi connectivity index (χ3v) is 5.88. The minimum Gasteiger partial charge on any atom is -0.493 e. The Morgan fingerprint density at radius 3 is 2.38 bits per heavy atom. The molecule has 4 rings (SSSR count). The van der Waals surface area contributed by atoms with Gasteiger partial charge < -0.3 is 9.47 Å². The van der Waals surface area contributed by atoms with E-state index in [4.69, 9.17) is 21.1 Å². The van der Waals surface area contributed by atoms with E-state index in [1.54, 1.807) is 49.8 Å². The Kier molecular flexibility index (Phi) is 6.72. The molecule has 0 saturated carbocycles. The Balaban J connectivity index is 1.63. The normalized spacial score (nSPS) is 10.7. The lowest BCUT2D eigenvalue weighted by molar-refractivity contribution is 0.102. The van der Waals surface area contributed by atoms with Gasteiger partial charge in [0.1, 0.15) is 0 Å². The van der Waals surface area contributed by atoms with Crippen LogP contribution in [0.3, 0.4) is 0 Å². The van der Waals surface area contributed by atoms with Gasteiger partial charge in [0, 0.05) is 34.2 Å². The van der Waals surface area contributed by atoms with E-state index in [0.717, 1.165) is 11.3 Å². The predicted octanol–water partition coefficient (Wildman–Crippen LogP) is 4.97. The molecule has 0 amide bonds. The number of rotatable bonds is 8. The number of hydrogen-bond donors (Lipinski definition) is 0. The predicted molar refractivity (Wildman–Crippen MR) is 124 cm³/mol. The number of halogens is 1. The number of methoxy groups -OCH3 is 2. The first-order valence-electron chi connectivity index (χ1n) is 9.60. The number of nitrogens with zero attached hydrogens (tertiary/aromatic N) is 4. The maximum Gasteiger partial charge on any atom is 0.196 e. The Bertz CT molecular complexity index is 1230. The molecule has 0 aliphatic heterocycles. The molecule has 0 radical (unpaired) electrons. The third kappa shape index (κ3) is 4.61. The number of thioether (sulfide) groups is 1. The molecule has 2 aromatic carbocycles. The number of carbonyl (C=O) groups excluding carboxylic acids is 1. The second kappa shape index (κ2) is 9.84. The number of benzene rings is 2. The van der Waals surface area contributed by atoms with Crippen LogP contribution in [0, 0.1) is 0 Å². The van der Waals surface area contributed by atoms with Crippen molar-refractivity contribution < 1.29 is 14.3 Å². The first-order valence-corrected chi connectivity index (χ1v) is 11.0. The largest absolute Gasteiger partial charge is 0.493 e. The summed E-state index contributed by atoms with van der Waals surface area (Å²) in [6, 6.07) is 16.2. The lowest BCUT2D eigenvalue weighted by atomic mass is 10.1. The van der Waals surface area contributed by atoms with E-state index in [0.29, 0.717) is 33.1 Å². The fraction of sp³-hybridized carbons (Fsp3) is 0.130. The Morgan fingerprint density at radius 2 is 1.69 bits per heavy atom. The molecule has 0 saturated heterocycles. The Morgan fingerprint density at radius 1 is 0.969 bits per heavy atom. The van der Waals surface area contributed by atoms with Gasteiger partial charge in [-0.05, 0) is 54.6 Å². The maximum absolute atomic E-state index is 12.9. The lowest BCUT2D eigenvalue weighted by Crippen LogP contribution is -2.05. The highest BCUT2D eigenvalue weighted by atomic mass is 35.5. The third-order valence-electron chi connectivity index (χ3n) is 4.69. The summed E-state index contributed by atoms with van der Waals surface area (Å²) in [7, 11) is 3.09. The topological polar surface area (TPSA) is 79.1 Å². The minimum absolute atomic E-state index is 0.0629. The summed E-state index contributed by atoms with van der Waals surface area (Å²) in [4.78, 5) is 16.9. The molecule has 7 nitrogen and oxygen atoms in total. The van der Waals surface area contributed by atoms with E-state index in [9.17, 15) is 4.79 Å². The second-order valence-electron chi connectivity index (χ2n) is 6.64. The molecule has 0 spiro atoms. The molecule has 4 aromatic rings. The second-order valence-corrected chi connectivity index (χ2v) is 8.01. The average molecular weight is 467 g/mol. The van der Waals surface area contributed by atoms with E-state index in [-0.39, 0.29) is 11.5 Å². The molecule has 0 N–H and O–H groups in total. The van der Waals surface area contributed by atoms with Gasteiger partial charge in [-0.15, -0.1) is 10.2 Å². The molecule has 0 fully saturated rings. The van der Waals surface area contributed by atoms with Crippen LogP contribution in [-0.2, 0) is 0 Å². The van der Waals surface area contributed by atoms with Crippen LogP contribution in [0.2, 0.25) is 5.02 Å². The van der Waals surface area contributed by atoms with Gasteiger partial charge >= 0.3 is 0 Å². The summed E-state index contributed by atoms with van der Waals surface area (Å²) in [6.45, 7) is 0. The molecule has 0 aliphatic rings. The first kappa shape index (κ1) is 21.9. The number of hydrogen-bond acceptors (Lipinski definition) is 7. The lowest BCUT2D eigenvalue weighted by Gasteiger charge is -2.11. The van der Waals surface area contributed by atoms with Gasteiger partial charge in [-0.1, -0.05) is 23.4 Å². The Hall–Kier alpha value is -3.36. The van der Waals surface area contributed by atoms with Crippen molar-refractivity contribution in [3.8, 4) is 28.6 Å². The van der Waals surface area contributed by atoms with Crippen molar-refractivity contribution in [1.82, 2.24) is 19.7 Å². The fourth-order valence-electron chi connectivity index (χ4n) is 3.10. The van der Waals surface area contributed by atoms with Crippen LogP contribution in [0.15, 0.2) is 72.1 Å². The zero-order valence-electron chi connectivity index (χ0n) is 17.4. The summed E-state index contributed by atoms with van der Waals surface area (Å²) in [6.07, 6.45) is 3.40. The van der Waals surface area contributed by atoms with E-state index >= 15 is 0 Å². The SMILES string of the molecule is COc1ccc(C(=O)CSc2nnc(-c3ccncc3)n2-c2ccc(Cl)cc2)cc1OC. The number of Topliss-reactive ketones (excluding diaryl/α,β-unsaturated/α-hetero) is 1. The van der Waals surface area contributed by atoms with Gasteiger partial charge in [-0.25, -0.2) is 0 Å². The Labute approximate surface area is 194 Å². The molecule has 0 aliphatic carbocycles. The molecule has 0 bridgehead atoms. The summed E-state index contributed by atoms with van der Waals surface area (Å²) >= 11 is 7.38. The van der Waals surface area contributed by atoms with Crippen LogP contribution in [-0.4, -0.2) is 45.5 Å². The number of ether oxygens (including phenoxy) is 2. The summed E-state index contributed by atoms with van der Waals surface area (Å²) in [5, 5.41) is 9.93. The first-order chi connectivity index (χ1) is 15.6. The van der Waals surface area contributed by atoms with Crippen LogP contribution in [0.25, 0.3) is 17.1 Å². The zero-order chi connectivity index (χ0) is 22.5. The average Bonchev–Trinajstić information content (AvgIpc) is 3.27. The monoisotopic (exact) mass is 466 g/mol. The van der Waals surface area contributed by atoms with Gasteiger partial charge in [0.05, 0.1) is 20.0 Å². The smallest absolute Gasteiger partial charge is 0.196 e. The van der Waals surface area contributed by atoms with Crippen LogP contribution >= 0.6 is 23.4 Å². The van der Waals surface area contributed by atoms with E-state index in [2.05, 4.69) is 15.2 Å². The van der Waals surface area contributed by atoms with Crippen molar-refractivity contribution in [3.05, 3.63) is 77.6 Å². The van der Waals surface area contributed by atoms with Gasteiger partial charge in [0.15, 0.2) is 28.3 Å². The molecule has 9 heteroatoms. The molecule has 162 valence electrons. The highest BCUT2D eigenvalue weighted by molar-refractivity contribution is 7.99. The van der Waals surface area contributed by atoms with E-state index < -0.39 is 0 Å². The number of pyridine rings is 1. The van der Waals surface area contributed by atoms with Crippen LogP contribution < -0.4 is 9.47 Å². The molecular weight excluding hydrogens is 448 g/mol. The van der Waals surface area contributed by atoms with Gasteiger partial charge in [0.2, 0.25) is 0 Å². The summed E-state index contributed by atoms with van der Waals surface area (Å²) in [5.74, 6) is 1.84. The number of carbonyl (C=O) groups is 1. The summed E-state index contributed by atoms with van der Waals surface area (Å²) in [5.41, 5.74) is 2.23. The van der Waals surface area contributed by atoms with E-state index in [1.165, 1.54) is 18.9 Å². The summed E-state index contributed by atoms with van der Waals surface area (Å²) < 4.78 is 12.4. The minimum atomic E-state index is -0.0629. The van der Waals surface area contributed by atoms with Crippen molar-refractivity contribution >= 4 is 29.1 Å². The quantitative estimate of drug-likeness (QED) is 0.268. The van der Waals surface area contributed by atoms with Crippen LogP contribution in [0.5, 0.6) is 11.5 Å². The molecule has 32 heavy (non-hydrogen) atoms.